The second kappa shape index (κ2) is 14.1. The van der Waals surface area contributed by atoms with Crippen molar-refractivity contribution in [3.8, 4) is 11.1 Å². The van der Waals surface area contributed by atoms with Gasteiger partial charge in [-0.1, -0.05) is 54.6 Å². The van der Waals surface area contributed by atoms with Gasteiger partial charge in [0, 0.05) is 30.2 Å². The molecular formula is C33H34N6O5S. The predicted octanol–water partition coefficient (Wildman–Crippen LogP) is 4.36. The Hall–Kier alpha value is -5.07. The van der Waals surface area contributed by atoms with Gasteiger partial charge in [0.2, 0.25) is 10.0 Å². The van der Waals surface area contributed by atoms with E-state index in [1.54, 1.807) is 56.6 Å². The van der Waals surface area contributed by atoms with E-state index in [9.17, 15) is 18.0 Å². The summed E-state index contributed by atoms with van der Waals surface area (Å²) in [4.78, 5) is 30.5. The minimum Gasteiger partial charge on any atom is -0.464 e. The van der Waals surface area contributed by atoms with E-state index in [0.717, 1.165) is 16.5 Å². The quantitative estimate of drug-likeness (QED) is 0.111. The number of hydrogen-bond donors (Lipinski definition) is 4. The van der Waals surface area contributed by atoms with Crippen molar-refractivity contribution in [2.45, 2.75) is 31.2 Å². The van der Waals surface area contributed by atoms with Gasteiger partial charge in [-0.05, 0) is 66.8 Å². The van der Waals surface area contributed by atoms with Gasteiger partial charge in [-0.15, -0.1) is 0 Å². The maximum atomic E-state index is 13.7. The van der Waals surface area contributed by atoms with E-state index in [0.29, 0.717) is 41.0 Å². The van der Waals surface area contributed by atoms with E-state index in [4.69, 9.17) is 4.74 Å². The number of aryl methyl sites for hydroxylation is 2. The highest BCUT2D eigenvalue weighted by molar-refractivity contribution is 7.89. The van der Waals surface area contributed by atoms with Gasteiger partial charge in [0.1, 0.15) is 11.9 Å². The molecular weight excluding hydrogens is 592 g/mol. The van der Waals surface area contributed by atoms with Crippen LogP contribution in [0.5, 0.6) is 0 Å². The number of fused-ring (bicyclic) bond motifs is 1. The third kappa shape index (κ3) is 7.91. The Morgan fingerprint density at radius 2 is 1.69 bits per heavy atom. The number of nitrogens with one attached hydrogen (secondary N) is 4. The van der Waals surface area contributed by atoms with Gasteiger partial charge in [-0.25, -0.2) is 13.4 Å². The Bertz CT molecular complexity index is 1870. The van der Waals surface area contributed by atoms with Crippen LogP contribution in [-0.2, 0) is 19.6 Å². The fourth-order valence-electron chi connectivity index (χ4n) is 5.00. The van der Waals surface area contributed by atoms with Gasteiger partial charge >= 0.3 is 5.97 Å². The molecule has 3 aromatic carbocycles. The van der Waals surface area contributed by atoms with Gasteiger partial charge in [-0.2, -0.15) is 9.82 Å². The molecule has 45 heavy (non-hydrogen) atoms. The highest BCUT2D eigenvalue weighted by atomic mass is 32.2. The summed E-state index contributed by atoms with van der Waals surface area (Å²) in [6.45, 7) is 3.61. The van der Waals surface area contributed by atoms with Crippen LogP contribution in [0.4, 0.5) is 5.82 Å². The zero-order valence-electron chi connectivity index (χ0n) is 24.9. The number of anilines is 1. The molecule has 0 radical (unpaired) electrons. The van der Waals surface area contributed by atoms with Crippen molar-refractivity contribution in [2.75, 3.05) is 25.0 Å². The summed E-state index contributed by atoms with van der Waals surface area (Å²) in [6, 6.07) is 22.3. The van der Waals surface area contributed by atoms with Crippen molar-refractivity contribution in [1.82, 2.24) is 25.2 Å². The summed E-state index contributed by atoms with van der Waals surface area (Å²) in [6.07, 6.45) is 3.76. The maximum Gasteiger partial charge on any atom is 0.326 e. The molecule has 0 fully saturated rings. The molecule has 5 aromatic rings. The molecule has 0 bridgehead atoms. The molecule has 2 aromatic heterocycles. The van der Waals surface area contributed by atoms with E-state index in [1.807, 2.05) is 48.5 Å². The summed E-state index contributed by atoms with van der Waals surface area (Å²) in [5.41, 5.74) is 3.86. The molecule has 0 aliphatic rings. The van der Waals surface area contributed by atoms with Crippen LogP contribution in [0.2, 0.25) is 0 Å². The Morgan fingerprint density at radius 3 is 2.42 bits per heavy atom. The Morgan fingerprint density at radius 1 is 0.933 bits per heavy atom. The lowest BCUT2D eigenvalue weighted by Gasteiger charge is -2.20. The Labute approximate surface area is 261 Å². The molecule has 2 heterocycles. The number of aromatic amines is 1. The van der Waals surface area contributed by atoms with Gasteiger partial charge in [0.15, 0.2) is 0 Å². The number of rotatable bonds is 13. The average molecular weight is 627 g/mol. The zero-order chi connectivity index (χ0) is 31.8. The standard InChI is InChI=1S/C33H34N6O5S/c1-22-17-27(24-9-4-3-5-10-24)18-23(2)31(22)45(42,43)39-29(33(41)44-16-8-15-35-30-11-6-7-14-34-30)21-36-32(40)25-12-13-26-20-37-38-28(26)19-25/h3-7,9-14,17-20,29,39H,8,15-16,21H2,1-2H3,(H,34,35)(H,36,40)(H,37,38). The molecule has 5 rings (SSSR count). The number of benzene rings is 3. The fourth-order valence-corrected chi connectivity index (χ4v) is 6.63. The molecule has 4 N–H and O–H groups in total. The SMILES string of the molecule is Cc1cc(-c2ccccc2)cc(C)c1S(=O)(=O)NC(CNC(=O)c1ccc2cn[nH]c2c1)C(=O)OCCCNc1ccccn1. The first-order valence-corrected chi connectivity index (χ1v) is 15.9. The Balaban J connectivity index is 1.30. The van der Waals surface area contributed by atoms with Crippen LogP contribution in [0.25, 0.3) is 22.0 Å². The molecule has 232 valence electrons. The van der Waals surface area contributed by atoms with E-state index in [2.05, 4.69) is 30.5 Å². The van der Waals surface area contributed by atoms with Crippen LogP contribution in [0.3, 0.4) is 0 Å². The summed E-state index contributed by atoms with van der Waals surface area (Å²) in [7, 11) is -4.21. The molecule has 0 spiro atoms. The minimum atomic E-state index is -4.21. The van der Waals surface area contributed by atoms with Gasteiger partial charge in [0.05, 0.1) is 23.2 Å². The minimum absolute atomic E-state index is 0.0329. The number of pyridine rings is 1. The lowest BCUT2D eigenvalue weighted by molar-refractivity contribution is -0.145. The molecule has 0 saturated heterocycles. The van der Waals surface area contributed by atoms with Crippen molar-refractivity contribution < 1.29 is 22.7 Å². The number of esters is 1. The number of amides is 1. The monoisotopic (exact) mass is 626 g/mol. The van der Waals surface area contributed by atoms with Crippen LogP contribution in [0.1, 0.15) is 27.9 Å². The number of hydrogen-bond acceptors (Lipinski definition) is 8. The molecule has 12 heteroatoms. The second-order valence-electron chi connectivity index (χ2n) is 10.5. The number of sulfonamides is 1. The van der Waals surface area contributed by atoms with Crippen molar-refractivity contribution >= 4 is 38.6 Å². The van der Waals surface area contributed by atoms with E-state index >= 15 is 0 Å². The zero-order valence-corrected chi connectivity index (χ0v) is 25.7. The molecule has 1 amide bonds. The van der Waals surface area contributed by atoms with Crippen molar-refractivity contribution in [2.24, 2.45) is 0 Å². The Kier molecular flexibility index (Phi) is 9.86. The maximum absolute atomic E-state index is 13.7. The highest BCUT2D eigenvalue weighted by Crippen LogP contribution is 2.28. The fraction of sp³-hybridized carbons (Fsp3) is 0.212. The van der Waals surface area contributed by atoms with Crippen molar-refractivity contribution in [1.29, 1.82) is 0 Å². The highest BCUT2D eigenvalue weighted by Gasteiger charge is 2.30. The third-order valence-electron chi connectivity index (χ3n) is 7.13. The number of carbonyl (C=O) groups excluding carboxylic acids is 2. The predicted molar refractivity (Wildman–Crippen MR) is 172 cm³/mol. The van der Waals surface area contributed by atoms with Crippen molar-refractivity contribution in [3.05, 3.63) is 108 Å². The number of H-pyrrole nitrogens is 1. The van der Waals surface area contributed by atoms with Crippen molar-refractivity contribution in [3.63, 3.8) is 0 Å². The summed E-state index contributed by atoms with van der Waals surface area (Å²) in [5, 5.41) is 13.4. The summed E-state index contributed by atoms with van der Waals surface area (Å²) in [5.74, 6) is -0.603. The lowest BCUT2D eigenvalue weighted by Crippen LogP contribution is -2.49. The lowest BCUT2D eigenvalue weighted by atomic mass is 10.0. The first-order chi connectivity index (χ1) is 21.7. The molecule has 1 atom stereocenters. The van der Waals surface area contributed by atoms with Crippen LogP contribution in [-0.4, -0.2) is 61.2 Å². The van der Waals surface area contributed by atoms with E-state index in [-0.39, 0.29) is 18.0 Å². The number of carbonyl (C=O) groups is 2. The normalized spacial score (nSPS) is 12.0. The average Bonchev–Trinajstić information content (AvgIpc) is 3.51. The first kappa shape index (κ1) is 31.4. The summed E-state index contributed by atoms with van der Waals surface area (Å²) >= 11 is 0. The molecule has 1 unspecified atom stereocenters. The van der Waals surface area contributed by atoms with Gasteiger partial charge < -0.3 is 15.4 Å². The molecule has 0 aliphatic carbocycles. The molecule has 0 aliphatic heterocycles. The van der Waals surface area contributed by atoms with E-state index < -0.39 is 27.9 Å². The van der Waals surface area contributed by atoms with Crippen LogP contribution in [0.15, 0.2) is 96.2 Å². The van der Waals surface area contributed by atoms with Gasteiger partial charge in [0.25, 0.3) is 5.91 Å². The van der Waals surface area contributed by atoms with Crippen LogP contribution >= 0.6 is 0 Å². The smallest absolute Gasteiger partial charge is 0.326 e. The number of nitrogens with zero attached hydrogens (tertiary/aromatic N) is 2. The number of aromatic nitrogens is 3. The van der Waals surface area contributed by atoms with E-state index in [1.165, 1.54) is 0 Å². The topological polar surface area (TPSA) is 155 Å². The first-order valence-electron chi connectivity index (χ1n) is 14.4. The third-order valence-corrected chi connectivity index (χ3v) is 8.90. The summed E-state index contributed by atoms with van der Waals surface area (Å²) < 4.78 is 35.4. The largest absolute Gasteiger partial charge is 0.464 e. The van der Waals surface area contributed by atoms with Crippen LogP contribution < -0.4 is 15.4 Å². The molecule has 0 saturated carbocycles. The second-order valence-corrected chi connectivity index (χ2v) is 12.2. The number of ether oxygens (including phenoxy) is 1. The molecule has 11 nitrogen and oxygen atoms in total. The van der Waals surface area contributed by atoms with Gasteiger partial charge in [-0.3, -0.25) is 14.7 Å². The van der Waals surface area contributed by atoms with Crippen LogP contribution in [0, 0.1) is 13.8 Å².